The molecule has 2 aromatic carbocycles. The van der Waals surface area contributed by atoms with Crippen molar-refractivity contribution in [3.63, 3.8) is 0 Å². The Morgan fingerprint density at radius 2 is 1.91 bits per heavy atom. The number of nitrogens with two attached hydrogens (primary N) is 1. The molecule has 2 amide bonds. The van der Waals surface area contributed by atoms with Crippen molar-refractivity contribution in [3.8, 4) is 5.75 Å². The molecule has 1 aromatic heterocycles. The van der Waals surface area contributed by atoms with Gasteiger partial charge in [-0.1, -0.05) is 17.7 Å². The number of benzene rings is 2. The van der Waals surface area contributed by atoms with Crippen molar-refractivity contribution in [2.75, 3.05) is 44.3 Å². The third-order valence-electron chi connectivity index (χ3n) is 7.22. The summed E-state index contributed by atoms with van der Waals surface area (Å²) in [5.41, 5.74) is 6.36. The van der Waals surface area contributed by atoms with Gasteiger partial charge in [0.15, 0.2) is 11.6 Å². The van der Waals surface area contributed by atoms with Crippen LogP contribution in [0.1, 0.15) is 30.5 Å². The standard InChI is InChI=1S/C29H32ClF2N9O3/c1-16-20(30)6-5-7-21(16)38-29(41(15-42)40-12-10-39(11-13-40)18(3)43)17(2)37-28-23(27(34)35-14-36-28)26(33)19-8-9-22(44-4)25(32)24(19)31/h5-9,14-15,17,33H,10-13H2,1-4H3,(H3,34,35,36,37)/b33-26?,38-29-. The Hall–Kier alpha value is -4.69. The fourth-order valence-electron chi connectivity index (χ4n) is 4.72. The van der Waals surface area contributed by atoms with Crippen LogP contribution >= 0.6 is 11.6 Å². The SMILES string of the molecule is COc1ccc(C(=N)c2c(N)ncnc2NC(C)/C(=N/c2cccc(Cl)c2C)N(C=O)N2CCN(C(C)=O)CC2)c(F)c1F. The first-order chi connectivity index (χ1) is 21.0. The molecule has 1 aliphatic heterocycles. The molecule has 44 heavy (non-hydrogen) atoms. The largest absolute Gasteiger partial charge is 0.494 e. The third-order valence-corrected chi connectivity index (χ3v) is 7.63. The van der Waals surface area contributed by atoms with E-state index in [2.05, 4.69) is 15.3 Å². The van der Waals surface area contributed by atoms with Crippen molar-refractivity contribution in [2.45, 2.75) is 26.8 Å². The van der Waals surface area contributed by atoms with Gasteiger partial charge in [-0.3, -0.25) is 15.0 Å². The summed E-state index contributed by atoms with van der Waals surface area (Å²) in [7, 11) is 1.20. The second-order valence-corrected chi connectivity index (χ2v) is 10.3. The third kappa shape index (κ3) is 6.60. The Morgan fingerprint density at radius 1 is 1.20 bits per heavy atom. The molecule has 4 rings (SSSR count). The maximum absolute atomic E-state index is 15.0. The molecule has 0 radical (unpaired) electrons. The molecule has 3 aromatic rings. The van der Waals surface area contributed by atoms with Gasteiger partial charge in [0.25, 0.3) is 0 Å². The summed E-state index contributed by atoms with van der Waals surface area (Å²) in [6.45, 7) is 6.51. The lowest BCUT2D eigenvalue weighted by Gasteiger charge is -2.40. The van der Waals surface area contributed by atoms with Gasteiger partial charge in [-0.25, -0.2) is 29.4 Å². The zero-order chi connectivity index (χ0) is 32.1. The number of carbonyl (C=O) groups is 2. The highest BCUT2D eigenvalue weighted by Gasteiger charge is 2.30. The fourth-order valence-corrected chi connectivity index (χ4v) is 4.89. The number of rotatable bonds is 9. The van der Waals surface area contributed by atoms with Crippen LogP contribution in [0.5, 0.6) is 5.75 Å². The summed E-state index contributed by atoms with van der Waals surface area (Å²) in [6, 6.07) is 6.82. The molecule has 1 saturated heterocycles. The highest BCUT2D eigenvalue weighted by atomic mass is 35.5. The quantitative estimate of drug-likeness (QED) is 0.184. The molecule has 0 saturated carbocycles. The number of halogens is 3. The first-order valence-electron chi connectivity index (χ1n) is 13.5. The second kappa shape index (κ2) is 13.7. The van der Waals surface area contributed by atoms with Crippen LogP contribution < -0.4 is 15.8 Å². The normalized spacial score (nSPS) is 14.6. The van der Waals surface area contributed by atoms with Crippen molar-refractivity contribution < 1.29 is 23.1 Å². The van der Waals surface area contributed by atoms with Crippen LogP contribution in [-0.4, -0.2) is 88.1 Å². The smallest absolute Gasteiger partial charge is 0.229 e. The van der Waals surface area contributed by atoms with Crippen LogP contribution in [0.4, 0.5) is 26.1 Å². The van der Waals surface area contributed by atoms with E-state index in [-0.39, 0.29) is 40.3 Å². The highest BCUT2D eigenvalue weighted by Crippen LogP contribution is 2.29. The molecule has 0 aliphatic carbocycles. The number of amides is 2. The van der Waals surface area contributed by atoms with Gasteiger partial charge in [-0.2, -0.15) is 4.39 Å². The van der Waals surface area contributed by atoms with Crippen LogP contribution in [0.3, 0.4) is 0 Å². The van der Waals surface area contributed by atoms with Crippen LogP contribution in [0, 0.1) is 24.0 Å². The second-order valence-electron chi connectivity index (χ2n) is 9.93. The maximum atomic E-state index is 15.0. The van der Waals surface area contributed by atoms with E-state index >= 15 is 0 Å². The van der Waals surface area contributed by atoms with Crippen molar-refractivity contribution in [1.82, 2.24) is 24.9 Å². The molecule has 1 atom stereocenters. The average Bonchev–Trinajstić information content (AvgIpc) is 3.00. The van der Waals surface area contributed by atoms with Crippen molar-refractivity contribution >= 4 is 52.8 Å². The van der Waals surface area contributed by atoms with Gasteiger partial charge in [-0.05, 0) is 43.7 Å². The molecular weight excluding hydrogens is 596 g/mol. The van der Waals surface area contributed by atoms with Gasteiger partial charge < -0.3 is 20.7 Å². The van der Waals surface area contributed by atoms with Gasteiger partial charge in [0.1, 0.15) is 23.8 Å². The lowest BCUT2D eigenvalue weighted by molar-refractivity contribution is -0.135. The van der Waals surface area contributed by atoms with E-state index in [1.807, 2.05) is 0 Å². The van der Waals surface area contributed by atoms with E-state index in [4.69, 9.17) is 32.5 Å². The molecule has 0 spiro atoms. The predicted molar refractivity (Wildman–Crippen MR) is 163 cm³/mol. The van der Waals surface area contributed by atoms with E-state index in [0.29, 0.717) is 48.9 Å². The Balaban J connectivity index is 1.75. The minimum absolute atomic E-state index is 0.0217. The molecule has 1 unspecified atom stereocenters. The monoisotopic (exact) mass is 627 g/mol. The lowest BCUT2D eigenvalue weighted by atomic mass is 10.0. The van der Waals surface area contributed by atoms with Crippen LogP contribution in [-0.2, 0) is 9.59 Å². The molecule has 0 bridgehead atoms. The molecule has 2 heterocycles. The minimum atomic E-state index is -1.30. The van der Waals surface area contributed by atoms with Gasteiger partial charge in [0.2, 0.25) is 18.1 Å². The molecule has 232 valence electrons. The van der Waals surface area contributed by atoms with Crippen LogP contribution in [0.15, 0.2) is 41.7 Å². The Kier molecular flexibility index (Phi) is 10.1. The topological polar surface area (TPSA) is 153 Å². The first-order valence-corrected chi connectivity index (χ1v) is 13.9. The average molecular weight is 628 g/mol. The first kappa shape index (κ1) is 32.2. The highest BCUT2D eigenvalue weighted by molar-refractivity contribution is 6.31. The van der Waals surface area contributed by atoms with Gasteiger partial charge in [0, 0.05) is 43.7 Å². The Labute approximate surface area is 258 Å². The fraction of sp³-hybridized carbons (Fsp3) is 0.310. The van der Waals surface area contributed by atoms with Crippen molar-refractivity contribution in [2.24, 2.45) is 4.99 Å². The van der Waals surface area contributed by atoms with E-state index in [0.717, 1.165) is 6.33 Å². The van der Waals surface area contributed by atoms with Gasteiger partial charge >= 0.3 is 0 Å². The summed E-state index contributed by atoms with van der Waals surface area (Å²) in [5, 5.41) is 15.5. The number of anilines is 2. The number of hydrazine groups is 1. The van der Waals surface area contributed by atoms with E-state index < -0.39 is 23.4 Å². The number of aromatic nitrogens is 2. The number of hydrogen-bond donors (Lipinski definition) is 3. The number of carbonyl (C=O) groups excluding carboxylic acids is 2. The molecule has 1 aliphatic rings. The summed E-state index contributed by atoms with van der Waals surface area (Å²) >= 11 is 6.35. The number of piperazine rings is 1. The number of nitrogen functional groups attached to an aromatic ring is 1. The predicted octanol–water partition coefficient (Wildman–Crippen LogP) is 3.79. The van der Waals surface area contributed by atoms with Gasteiger partial charge in [-0.15, -0.1) is 0 Å². The van der Waals surface area contributed by atoms with Crippen LogP contribution in [0.25, 0.3) is 0 Å². The van der Waals surface area contributed by atoms with Gasteiger partial charge in [0.05, 0.1) is 30.1 Å². The Bertz CT molecular complexity index is 1610. The number of hydrogen-bond acceptors (Lipinski definition) is 10. The summed E-state index contributed by atoms with van der Waals surface area (Å²) < 4.78 is 34.3. The van der Waals surface area contributed by atoms with E-state index in [1.54, 1.807) is 42.0 Å². The summed E-state index contributed by atoms with van der Waals surface area (Å²) in [4.78, 5) is 39.2. The number of nitrogens with zero attached hydrogens (tertiary/aromatic N) is 6. The number of ether oxygens (including phenoxy) is 1. The van der Waals surface area contributed by atoms with E-state index in [1.165, 1.54) is 31.2 Å². The molecule has 1 fully saturated rings. The maximum Gasteiger partial charge on any atom is 0.229 e. The Morgan fingerprint density at radius 3 is 2.55 bits per heavy atom. The van der Waals surface area contributed by atoms with Crippen molar-refractivity contribution in [1.29, 1.82) is 5.41 Å². The number of methoxy groups -OCH3 is 1. The zero-order valence-corrected chi connectivity index (χ0v) is 25.3. The molecular formula is C29H32ClF2N9O3. The molecule has 4 N–H and O–H groups in total. The summed E-state index contributed by atoms with van der Waals surface area (Å²) in [6.07, 6.45) is 1.77. The number of aliphatic imine (C=N–C) groups is 1. The summed E-state index contributed by atoms with van der Waals surface area (Å²) in [5.74, 6) is -2.85. The zero-order valence-electron chi connectivity index (χ0n) is 24.6. The van der Waals surface area contributed by atoms with Crippen LogP contribution in [0.2, 0.25) is 5.02 Å². The molecule has 15 heteroatoms. The number of amidine groups is 1. The minimum Gasteiger partial charge on any atom is -0.494 e. The number of nitrogens with one attached hydrogen (secondary N) is 2. The lowest BCUT2D eigenvalue weighted by Crippen LogP contribution is -2.58. The molecule has 12 nitrogen and oxygen atoms in total. The van der Waals surface area contributed by atoms with Crippen molar-refractivity contribution in [3.05, 3.63) is 70.0 Å². The van der Waals surface area contributed by atoms with E-state index in [9.17, 15) is 18.4 Å².